The molecule has 0 aliphatic carbocycles. The number of nitrogens with zero attached hydrogens (tertiary/aromatic N) is 3. The van der Waals surface area contributed by atoms with Crippen molar-refractivity contribution in [3.8, 4) is 0 Å². The molecular weight excluding hydrogens is 250 g/mol. The van der Waals surface area contributed by atoms with E-state index in [1.807, 2.05) is 36.8 Å². The molecule has 1 aliphatic rings. The highest BCUT2D eigenvalue weighted by molar-refractivity contribution is 5.31. The molecule has 3 rings (SSSR count). The lowest BCUT2D eigenvalue weighted by Gasteiger charge is -2.10. The summed E-state index contributed by atoms with van der Waals surface area (Å²) in [5, 5.41) is 6.70. The van der Waals surface area contributed by atoms with Crippen LogP contribution >= 0.6 is 0 Å². The van der Waals surface area contributed by atoms with Gasteiger partial charge in [-0.2, -0.15) is 0 Å². The van der Waals surface area contributed by atoms with Crippen LogP contribution in [-0.4, -0.2) is 28.0 Å². The van der Waals surface area contributed by atoms with Gasteiger partial charge in [0.15, 0.2) is 0 Å². The van der Waals surface area contributed by atoms with Gasteiger partial charge in [-0.3, -0.25) is 9.97 Å². The summed E-state index contributed by atoms with van der Waals surface area (Å²) in [5.74, 6) is 0.822. The second-order valence-electron chi connectivity index (χ2n) is 4.97. The number of hydrogen-bond acceptors (Lipinski definition) is 5. The Bertz CT molecular complexity index is 520. The number of rotatable bonds is 5. The Balaban J connectivity index is 1.50. The summed E-state index contributed by atoms with van der Waals surface area (Å²) in [4.78, 5) is 13.2. The lowest BCUT2D eigenvalue weighted by molar-refractivity contribution is 0.624. The van der Waals surface area contributed by atoms with Crippen molar-refractivity contribution in [2.75, 3.05) is 18.4 Å². The highest BCUT2D eigenvalue weighted by atomic mass is 15.0. The Morgan fingerprint density at radius 2 is 2.20 bits per heavy atom. The first kappa shape index (κ1) is 13.0. The molecule has 5 nitrogen and oxygen atoms in total. The second-order valence-corrected chi connectivity index (χ2v) is 4.97. The van der Waals surface area contributed by atoms with Gasteiger partial charge in [0.2, 0.25) is 0 Å². The predicted molar refractivity (Wildman–Crippen MR) is 78.4 cm³/mol. The number of anilines is 1. The minimum Gasteiger partial charge on any atom is -0.368 e. The molecule has 20 heavy (non-hydrogen) atoms. The van der Waals surface area contributed by atoms with Crippen molar-refractivity contribution >= 4 is 5.82 Å². The van der Waals surface area contributed by atoms with Crippen LogP contribution in [-0.2, 0) is 6.42 Å². The third-order valence-corrected chi connectivity index (χ3v) is 3.50. The summed E-state index contributed by atoms with van der Waals surface area (Å²) in [6.07, 6.45) is 8.75. The van der Waals surface area contributed by atoms with Crippen molar-refractivity contribution in [3.05, 3.63) is 48.2 Å². The maximum Gasteiger partial charge on any atom is 0.144 e. The van der Waals surface area contributed by atoms with Crippen LogP contribution in [0.15, 0.2) is 36.8 Å². The Morgan fingerprint density at radius 3 is 2.90 bits per heavy atom. The fourth-order valence-electron chi connectivity index (χ4n) is 2.41. The predicted octanol–water partition coefficient (Wildman–Crippen LogP) is 1.95. The molecule has 0 spiro atoms. The zero-order chi connectivity index (χ0) is 13.6. The summed E-state index contributed by atoms with van der Waals surface area (Å²) < 4.78 is 0. The summed E-state index contributed by atoms with van der Waals surface area (Å²) >= 11 is 0. The molecule has 0 saturated carbocycles. The molecule has 0 unspecified atom stereocenters. The first-order valence-electron chi connectivity index (χ1n) is 7.11. The van der Waals surface area contributed by atoms with Gasteiger partial charge in [-0.25, -0.2) is 4.98 Å². The molecule has 2 N–H and O–H groups in total. The monoisotopic (exact) mass is 269 g/mol. The molecule has 2 aromatic rings. The highest BCUT2D eigenvalue weighted by Crippen LogP contribution is 2.20. The molecule has 0 aromatic carbocycles. The van der Waals surface area contributed by atoms with Crippen molar-refractivity contribution in [2.24, 2.45) is 0 Å². The number of pyridine rings is 1. The van der Waals surface area contributed by atoms with E-state index < -0.39 is 0 Å². The van der Waals surface area contributed by atoms with Crippen LogP contribution in [0.25, 0.3) is 0 Å². The SMILES string of the molecule is c1ccc(CCNc2cnc([C@@H]3CCCN3)cn2)nc1. The van der Waals surface area contributed by atoms with Crippen molar-refractivity contribution in [3.63, 3.8) is 0 Å². The molecule has 1 aliphatic heterocycles. The first-order chi connectivity index (χ1) is 9.92. The van der Waals surface area contributed by atoms with E-state index in [0.717, 1.165) is 43.1 Å². The van der Waals surface area contributed by atoms with Crippen LogP contribution < -0.4 is 10.6 Å². The smallest absolute Gasteiger partial charge is 0.144 e. The van der Waals surface area contributed by atoms with Gasteiger partial charge in [0.1, 0.15) is 5.82 Å². The Morgan fingerprint density at radius 1 is 1.20 bits per heavy atom. The maximum absolute atomic E-state index is 4.48. The van der Waals surface area contributed by atoms with Gasteiger partial charge in [-0.1, -0.05) is 6.07 Å². The van der Waals surface area contributed by atoms with Crippen LogP contribution in [0.1, 0.15) is 30.3 Å². The molecule has 2 aromatic heterocycles. The largest absolute Gasteiger partial charge is 0.368 e. The molecule has 1 saturated heterocycles. The van der Waals surface area contributed by atoms with Gasteiger partial charge < -0.3 is 10.6 Å². The Kier molecular flexibility index (Phi) is 4.18. The third-order valence-electron chi connectivity index (χ3n) is 3.50. The van der Waals surface area contributed by atoms with Crippen molar-refractivity contribution in [1.82, 2.24) is 20.3 Å². The van der Waals surface area contributed by atoms with E-state index in [9.17, 15) is 0 Å². The van der Waals surface area contributed by atoms with E-state index >= 15 is 0 Å². The van der Waals surface area contributed by atoms with Crippen LogP contribution in [0.4, 0.5) is 5.82 Å². The van der Waals surface area contributed by atoms with E-state index in [1.54, 1.807) is 0 Å². The Hall–Kier alpha value is -2.01. The van der Waals surface area contributed by atoms with Crippen molar-refractivity contribution in [2.45, 2.75) is 25.3 Å². The van der Waals surface area contributed by atoms with Crippen LogP contribution in [0.3, 0.4) is 0 Å². The van der Waals surface area contributed by atoms with E-state index in [4.69, 9.17) is 0 Å². The summed E-state index contributed by atoms with van der Waals surface area (Å²) in [5.41, 5.74) is 2.12. The maximum atomic E-state index is 4.48. The zero-order valence-electron chi connectivity index (χ0n) is 11.4. The van der Waals surface area contributed by atoms with Gasteiger partial charge in [0.25, 0.3) is 0 Å². The molecule has 0 bridgehead atoms. The second kappa shape index (κ2) is 6.43. The standard InChI is InChI=1S/C15H19N5/c1-2-7-16-12(4-1)6-9-18-15-11-19-14(10-20-15)13-5-3-8-17-13/h1-2,4,7,10-11,13,17H,3,5-6,8-9H2,(H,18,20)/t13-/m0/s1. The molecule has 1 atom stereocenters. The van der Waals surface area contributed by atoms with Gasteiger partial charge in [0.05, 0.1) is 24.1 Å². The number of nitrogens with one attached hydrogen (secondary N) is 2. The topological polar surface area (TPSA) is 62.7 Å². The molecule has 3 heterocycles. The van der Waals surface area contributed by atoms with Gasteiger partial charge in [0, 0.05) is 24.9 Å². The van der Waals surface area contributed by atoms with Crippen LogP contribution in [0.5, 0.6) is 0 Å². The number of aromatic nitrogens is 3. The normalized spacial score (nSPS) is 18.1. The molecule has 0 amide bonds. The molecule has 0 radical (unpaired) electrons. The lowest BCUT2D eigenvalue weighted by Crippen LogP contribution is -2.15. The van der Waals surface area contributed by atoms with Gasteiger partial charge in [-0.05, 0) is 31.5 Å². The highest BCUT2D eigenvalue weighted by Gasteiger charge is 2.17. The quantitative estimate of drug-likeness (QED) is 0.868. The third kappa shape index (κ3) is 3.30. The lowest BCUT2D eigenvalue weighted by atomic mass is 10.2. The average molecular weight is 269 g/mol. The van der Waals surface area contributed by atoms with Gasteiger partial charge in [-0.15, -0.1) is 0 Å². The van der Waals surface area contributed by atoms with Crippen LogP contribution in [0.2, 0.25) is 0 Å². The molecular formula is C15H19N5. The minimum absolute atomic E-state index is 0.380. The fraction of sp³-hybridized carbons (Fsp3) is 0.400. The van der Waals surface area contributed by atoms with E-state index in [-0.39, 0.29) is 0 Å². The van der Waals surface area contributed by atoms with Crippen LogP contribution in [0, 0.1) is 0 Å². The van der Waals surface area contributed by atoms with Crippen molar-refractivity contribution in [1.29, 1.82) is 0 Å². The Labute approximate surface area is 118 Å². The number of hydrogen-bond donors (Lipinski definition) is 2. The summed E-state index contributed by atoms with van der Waals surface area (Å²) in [6.45, 7) is 1.89. The average Bonchev–Trinajstić information content (AvgIpc) is 3.03. The zero-order valence-corrected chi connectivity index (χ0v) is 11.4. The fourth-order valence-corrected chi connectivity index (χ4v) is 2.41. The molecule has 1 fully saturated rings. The molecule has 104 valence electrons. The van der Waals surface area contributed by atoms with E-state index in [1.165, 1.54) is 6.42 Å². The van der Waals surface area contributed by atoms with E-state index in [0.29, 0.717) is 6.04 Å². The minimum atomic E-state index is 0.380. The molecule has 5 heteroatoms. The summed E-state index contributed by atoms with van der Waals surface area (Å²) in [7, 11) is 0. The summed E-state index contributed by atoms with van der Waals surface area (Å²) in [6, 6.07) is 6.34. The van der Waals surface area contributed by atoms with Crippen molar-refractivity contribution < 1.29 is 0 Å². The van der Waals surface area contributed by atoms with E-state index in [2.05, 4.69) is 25.6 Å². The first-order valence-corrected chi connectivity index (χ1v) is 7.11. The van der Waals surface area contributed by atoms with Gasteiger partial charge >= 0.3 is 0 Å².